The van der Waals surface area contributed by atoms with Gasteiger partial charge in [0.15, 0.2) is 0 Å². The van der Waals surface area contributed by atoms with Crippen molar-refractivity contribution in [1.29, 1.82) is 0 Å². The Morgan fingerprint density at radius 2 is 1.44 bits per heavy atom. The summed E-state index contributed by atoms with van der Waals surface area (Å²) in [6.07, 6.45) is 1.74. The van der Waals surface area contributed by atoms with E-state index in [2.05, 4.69) is 12.1 Å². The fourth-order valence-electron chi connectivity index (χ4n) is 2.27. The van der Waals surface area contributed by atoms with Crippen molar-refractivity contribution in [2.24, 2.45) is 4.99 Å². The van der Waals surface area contributed by atoms with Gasteiger partial charge in [-0.15, -0.1) is 0 Å². The third kappa shape index (κ3) is 5.76. The van der Waals surface area contributed by atoms with E-state index in [4.69, 9.17) is 14.5 Å². The van der Waals surface area contributed by atoms with Gasteiger partial charge in [0.25, 0.3) is 0 Å². The number of nitrogens with zero attached hydrogens (tertiary/aromatic N) is 1. The molecule has 0 saturated carbocycles. The van der Waals surface area contributed by atoms with Crippen LogP contribution in [0.15, 0.2) is 107 Å². The lowest BCUT2D eigenvalue weighted by Crippen LogP contribution is -1.97. The molecule has 0 aromatic heterocycles. The minimum Gasteiger partial charge on any atom is -0.497 e. The molecule has 0 heterocycles. The summed E-state index contributed by atoms with van der Waals surface area (Å²) in [6.45, 7) is 2.00. The van der Waals surface area contributed by atoms with Gasteiger partial charge in [-0.3, -0.25) is 0 Å². The van der Waals surface area contributed by atoms with Crippen molar-refractivity contribution >= 4 is 22.5 Å². The van der Waals surface area contributed by atoms with E-state index >= 15 is 0 Å². The fraction of sp³-hybridized carbons (Fsp3) is 0.0870. The fourth-order valence-corrected chi connectivity index (χ4v) is 3.15. The first kappa shape index (κ1) is 18.8. The highest BCUT2D eigenvalue weighted by molar-refractivity contribution is 8.14. The molecule has 0 radical (unpaired) electrons. The predicted molar refractivity (Wildman–Crippen MR) is 113 cm³/mol. The smallest absolute Gasteiger partial charge is 0.126 e. The molecule has 0 aliphatic carbocycles. The average molecular weight is 375 g/mol. The maximum Gasteiger partial charge on any atom is 0.126 e. The maximum atomic E-state index is 5.78. The Morgan fingerprint density at radius 1 is 0.815 bits per heavy atom. The molecule has 136 valence electrons. The Hall–Kier alpha value is -2.98. The molecule has 3 rings (SSSR count). The Bertz CT molecular complexity index is 904. The van der Waals surface area contributed by atoms with Crippen molar-refractivity contribution < 1.29 is 9.47 Å². The van der Waals surface area contributed by atoms with E-state index in [1.165, 1.54) is 0 Å². The summed E-state index contributed by atoms with van der Waals surface area (Å²) < 4.78 is 11.0. The van der Waals surface area contributed by atoms with E-state index in [9.17, 15) is 0 Å². The molecule has 3 aromatic carbocycles. The van der Waals surface area contributed by atoms with Crippen LogP contribution >= 0.6 is 11.8 Å². The molecule has 0 saturated heterocycles. The van der Waals surface area contributed by atoms with Crippen molar-refractivity contribution in [2.75, 3.05) is 7.11 Å². The van der Waals surface area contributed by atoms with Crippen LogP contribution < -0.4 is 9.47 Å². The standard InChI is InChI=1S/C23H21NO2S/c1-18(17-26-21-9-5-3-6-10-21)23(27-22-11-7-4-8-12-22)24-19-13-15-20(25-2)16-14-19/h3-17H,1-2H3. The van der Waals surface area contributed by atoms with Crippen molar-refractivity contribution in [3.63, 3.8) is 0 Å². The van der Waals surface area contributed by atoms with Gasteiger partial charge in [0.2, 0.25) is 0 Å². The molecule has 27 heavy (non-hydrogen) atoms. The molecule has 0 N–H and O–H groups in total. The summed E-state index contributed by atoms with van der Waals surface area (Å²) in [5.74, 6) is 1.61. The molecular formula is C23H21NO2S. The maximum absolute atomic E-state index is 5.78. The number of hydrogen-bond acceptors (Lipinski definition) is 4. The van der Waals surface area contributed by atoms with Gasteiger partial charge in [0.05, 0.1) is 19.1 Å². The van der Waals surface area contributed by atoms with E-state index < -0.39 is 0 Å². The number of thioether (sulfide) groups is 1. The molecule has 3 aromatic rings. The monoisotopic (exact) mass is 375 g/mol. The van der Waals surface area contributed by atoms with Gasteiger partial charge < -0.3 is 9.47 Å². The Balaban J connectivity index is 1.87. The highest BCUT2D eigenvalue weighted by Crippen LogP contribution is 2.27. The molecule has 0 atom stereocenters. The van der Waals surface area contributed by atoms with Crippen LogP contribution in [-0.4, -0.2) is 12.2 Å². The molecule has 3 nitrogen and oxygen atoms in total. The lowest BCUT2D eigenvalue weighted by atomic mass is 10.3. The zero-order valence-electron chi connectivity index (χ0n) is 15.3. The quantitative estimate of drug-likeness (QED) is 0.213. The first-order chi connectivity index (χ1) is 13.2. The minimum atomic E-state index is 0.797. The SMILES string of the molecule is COc1ccc(N=C(Sc2ccccc2)C(C)=COc2ccccc2)cc1. The highest BCUT2D eigenvalue weighted by atomic mass is 32.2. The topological polar surface area (TPSA) is 30.8 Å². The van der Waals surface area contributed by atoms with Gasteiger partial charge in [-0.25, -0.2) is 4.99 Å². The normalized spacial score (nSPS) is 11.9. The van der Waals surface area contributed by atoms with Crippen LogP contribution in [0.25, 0.3) is 0 Å². The van der Waals surface area contributed by atoms with Crippen LogP contribution in [0.2, 0.25) is 0 Å². The molecule has 0 unspecified atom stereocenters. The van der Waals surface area contributed by atoms with E-state index in [1.54, 1.807) is 25.1 Å². The van der Waals surface area contributed by atoms with Crippen LogP contribution in [0, 0.1) is 0 Å². The summed E-state index contributed by atoms with van der Waals surface area (Å²) in [4.78, 5) is 5.94. The van der Waals surface area contributed by atoms with Crippen LogP contribution in [0.1, 0.15) is 6.92 Å². The third-order valence-corrected chi connectivity index (χ3v) is 4.83. The first-order valence-corrected chi connectivity index (χ1v) is 9.41. The molecule has 0 spiro atoms. The minimum absolute atomic E-state index is 0.797. The van der Waals surface area contributed by atoms with E-state index in [-0.39, 0.29) is 0 Å². The first-order valence-electron chi connectivity index (χ1n) is 8.59. The Morgan fingerprint density at radius 3 is 2.07 bits per heavy atom. The molecule has 0 amide bonds. The largest absolute Gasteiger partial charge is 0.497 e. The van der Waals surface area contributed by atoms with Crippen molar-refractivity contribution in [3.05, 3.63) is 96.8 Å². The summed E-state index contributed by atoms with van der Waals surface area (Å²) >= 11 is 1.61. The lowest BCUT2D eigenvalue weighted by molar-refractivity contribution is 0.415. The van der Waals surface area contributed by atoms with Crippen molar-refractivity contribution in [2.45, 2.75) is 11.8 Å². The van der Waals surface area contributed by atoms with Gasteiger partial charge in [0.1, 0.15) is 16.5 Å². The van der Waals surface area contributed by atoms with Gasteiger partial charge in [0, 0.05) is 10.5 Å². The molecule has 0 aliphatic rings. The number of aliphatic imine (C=N–C) groups is 1. The van der Waals surface area contributed by atoms with Gasteiger partial charge >= 0.3 is 0 Å². The second-order valence-corrected chi connectivity index (χ2v) is 6.82. The van der Waals surface area contributed by atoms with E-state index in [0.29, 0.717) is 0 Å². The Kier molecular flexibility index (Phi) is 6.72. The van der Waals surface area contributed by atoms with Gasteiger partial charge in [-0.1, -0.05) is 48.2 Å². The molecular weight excluding hydrogens is 354 g/mol. The third-order valence-electron chi connectivity index (χ3n) is 3.71. The number of rotatable bonds is 6. The average Bonchev–Trinajstić information content (AvgIpc) is 2.73. The number of methoxy groups -OCH3 is 1. The van der Waals surface area contributed by atoms with Crippen LogP contribution in [0.4, 0.5) is 5.69 Å². The van der Waals surface area contributed by atoms with Crippen molar-refractivity contribution in [3.8, 4) is 11.5 Å². The predicted octanol–water partition coefficient (Wildman–Crippen LogP) is 6.50. The molecule has 0 bridgehead atoms. The summed E-state index contributed by atoms with van der Waals surface area (Å²) in [6, 6.07) is 27.6. The summed E-state index contributed by atoms with van der Waals surface area (Å²) in [5.41, 5.74) is 1.81. The van der Waals surface area contributed by atoms with E-state index in [0.717, 1.165) is 32.7 Å². The van der Waals surface area contributed by atoms with Crippen molar-refractivity contribution in [1.82, 2.24) is 0 Å². The highest BCUT2D eigenvalue weighted by Gasteiger charge is 2.07. The molecule has 0 fully saturated rings. The van der Waals surface area contributed by atoms with E-state index in [1.807, 2.05) is 79.7 Å². The number of ether oxygens (including phenoxy) is 2. The number of hydrogen-bond donors (Lipinski definition) is 0. The summed E-state index contributed by atoms with van der Waals surface area (Å²) in [7, 11) is 1.66. The number of benzene rings is 3. The van der Waals surface area contributed by atoms with Crippen LogP contribution in [0.5, 0.6) is 11.5 Å². The van der Waals surface area contributed by atoms with Crippen LogP contribution in [-0.2, 0) is 0 Å². The van der Waals surface area contributed by atoms with Crippen LogP contribution in [0.3, 0.4) is 0 Å². The zero-order chi connectivity index (χ0) is 18.9. The Labute approximate surface area is 164 Å². The van der Waals surface area contributed by atoms with Gasteiger partial charge in [-0.2, -0.15) is 0 Å². The molecule has 4 heteroatoms. The lowest BCUT2D eigenvalue weighted by Gasteiger charge is -2.08. The van der Waals surface area contributed by atoms with Gasteiger partial charge in [-0.05, 0) is 55.5 Å². The number of para-hydroxylation sites is 1. The second-order valence-electron chi connectivity index (χ2n) is 5.76. The zero-order valence-corrected chi connectivity index (χ0v) is 16.1. The molecule has 0 aliphatic heterocycles. The summed E-state index contributed by atoms with van der Waals surface area (Å²) in [5, 5.41) is 0.877. The second kappa shape index (κ2) is 9.64.